The molecule has 0 radical (unpaired) electrons. The summed E-state index contributed by atoms with van der Waals surface area (Å²) in [5.41, 5.74) is 0. The Hall–Kier alpha value is -1.66. The number of hydrogen-bond donors (Lipinski definition) is 0. The monoisotopic (exact) mass is 333 g/mol. The van der Waals surface area contributed by atoms with Crippen molar-refractivity contribution in [2.24, 2.45) is 0 Å². The first-order valence-electron chi connectivity index (χ1n) is 8.05. The van der Waals surface area contributed by atoms with E-state index in [0.29, 0.717) is 12.4 Å². The van der Waals surface area contributed by atoms with Gasteiger partial charge in [-0.15, -0.1) is 11.3 Å². The van der Waals surface area contributed by atoms with Crippen LogP contribution in [0.4, 0.5) is 0 Å². The van der Waals surface area contributed by atoms with E-state index >= 15 is 0 Å². The van der Waals surface area contributed by atoms with E-state index in [4.69, 9.17) is 4.42 Å². The number of oxazole rings is 1. The molecule has 0 saturated carbocycles. The molecule has 23 heavy (non-hydrogen) atoms. The van der Waals surface area contributed by atoms with E-state index in [9.17, 15) is 4.79 Å². The molecule has 1 atom stereocenters. The van der Waals surface area contributed by atoms with Crippen molar-refractivity contribution < 1.29 is 9.21 Å². The van der Waals surface area contributed by atoms with Crippen molar-refractivity contribution in [3.05, 3.63) is 40.2 Å². The first-order valence-corrected chi connectivity index (χ1v) is 8.93. The molecule has 0 N–H and O–H groups in total. The zero-order valence-corrected chi connectivity index (χ0v) is 14.5. The molecule has 2 aromatic rings. The van der Waals surface area contributed by atoms with Gasteiger partial charge in [-0.2, -0.15) is 0 Å². The van der Waals surface area contributed by atoms with E-state index in [0.717, 1.165) is 38.2 Å². The largest absolute Gasteiger partial charge is 0.444 e. The van der Waals surface area contributed by atoms with Gasteiger partial charge in [-0.1, -0.05) is 6.07 Å². The Bertz CT molecular complexity index is 638. The Kier molecular flexibility index (Phi) is 5.13. The molecule has 0 aromatic carbocycles. The van der Waals surface area contributed by atoms with Gasteiger partial charge in [-0.25, -0.2) is 4.98 Å². The molecule has 1 fully saturated rings. The molecule has 1 amide bonds. The minimum Gasteiger partial charge on any atom is -0.444 e. The zero-order valence-electron chi connectivity index (χ0n) is 13.7. The molecule has 5 nitrogen and oxygen atoms in total. The third kappa shape index (κ3) is 4.20. The summed E-state index contributed by atoms with van der Waals surface area (Å²) in [4.78, 5) is 22.0. The van der Waals surface area contributed by atoms with Crippen LogP contribution in [0.15, 0.2) is 28.1 Å². The van der Waals surface area contributed by atoms with Crippen molar-refractivity contribution in [2.45, 2.75) is 39.3 Å². The zero-order chi connectivity index (χ0) is 16.2. The molecular weight excluding hydrogens is 310 g/mol. The summed E-state index contributed by atoms with van der Waals surface area (Å²) < 4.78 is 5.53. The predicted molar refractivity (Wildman–Crippen MR) is 90.3 cm³/mol. The number of rotatable bonds is 6. The Morgan fingerprint density at radius 2 is 2.43 bits per heavy atom. The number of amides is 1. The molecule has 0 aliphatic carbocycles. The van der Waals surface area contributed by atoms with E-state index in [-0.39, 0.29) is 11.9 Å². The van der Waals surface area contributed by atoms with Crippen molar-refractivity contribution in [2.75, 3.05) is 19.6 Å². The lowest BCUT2D eigenvalue weighted by Gasteiger charge is -2.27. The van der Waals surface area contributed by atoms with Crippen molar-refractivity contribution in [3.63, 3.8) is 0 Å². The molecule has 1 saturated heterocycles. The van der Waals surface area contributed by atoms with Crippen LogP contribution in [0.5, 0.6) is 0 Å². The van der Waals surface area contributed by atoms with Gasteiger partial charge >= 0.3 is 0 Å². The van der Waals surface area contributed by atoms with Crippen LogP contribution >= 0.6 is 11.3 Å². The highest BCUT2D eigenvalue weighted by Crippen LogP contribution is 2.19. The van der Waals surface area contributed by atoms with Crippen LogP contribution in [-0.2, 0) is 17.8 Å². The van der Waals surface area contributed by atoms with E-state index in [2.05, 4.69) is 27.4 Å². The Morgan fingerprint density at radius 1 is 1.57 bits per heavy atom. The number of hydrogen-bond acceptors (Lipinski definition) is 5. The summed E-state index contributed by atoms with van der Waals surface area (Å²) in [6, 6.07) is 4.54. The molecular formula is C17H23N3O2S. The third-order valence-electron chi connectivity index (χ3n) is 4.32. The summed E-state index contributed by atoms with van der Waals surface area (Å²) in [7, 11) is 0. The standard InChI is InChI=1S/C17H23N3O2S/c1-13-10-18-17(22-13)12-20(14(2)21)15-5-7-19(11-15)8-6-16-4-3-9-23-16/h3-4,9-10,15H,5-8,11-12H2,1-2H3/t15-/m1/s1. The van der Waals surface area contributed by atoms with Crippen LogP contribution in [0, 0.1) is 6.92 Å². The SMILES string of the molecule is CC(=O)N(Cc1ncc(C)o1)[C@@H]1CCN(CCc2cccs2)C1. The van der Waals surface area contributed by atoms with Gasteiger partial charge in [0.05, 0.1) is 12.7 Å². The summed E-state index contributed by atoms with van der Waals surface area (Å²) in [6.07, 6.45) is 3.81. The fraction of sp³-hybridized carbons (Fsp3) is 0.529. The van der Waals surface area contributed by atoms with Gasteiger partial charge in [0.25, 0.3) is 0 Å². The molecule has 124 valence electrons. The maximum absolute atomic E-state index is 12.0. The number of nitrogens with zero attached hydrogens (tertiary/aromatic N) is 3. The summed E-state index contributed by atoms with van der Waals surface area (Å²) in [5, 5.41) is 2.12. The van der Waals surface area contributed by atoms with Crippen LogP contribution in [0.1, 0.15) is 29.9 Å². The molecule has 3 heterocycles. The lowest BCUT2D eigenvalue weighted by molar-refractivity contribution is -0.132. The van der Waals surface area contributed by atoms with Crippen LogP contribution < -0.4 is 0 Å². The van der Waals surface area contributed by atoms with Gasteiger partial charge in [-0.05, 0) is 31.2 Å². The smallest absolute Gasteiger partial charge is 0.220 e. The quantitative estimate of drug-likeness (QED) is 0.815. The molecule has 3 rings (SSSR count). The number of carbonyl (C=O) groups excluding carboxylic acids is 1. The van der Waals surface area contributed by atoms with Crippen LogP contribution in [0.2, 0.25) is 0 Å². The lowest BCUT2D eigenvalue weighted by atomic mass is 10.2. The van der Waals surface area contributed by atoms with E-state index in [1.807, 2.05) is 23.2 Å². The number of aryl methyl sites for hydroxylation is 1. The minimum atomic E-state index is 0.0889. The highest BCUT2D eigenvalue weighted by Gasteiger charge is 2.30. The molecule has 1 aliphatic heterocycles. The second-order valence-corrected chi connectivity index (χ2v) is 7.12. The highest BCUT2D eigenvalue weighted by atomic mass is 32.1. The molecule has 6 heteroatoms. The first-order chi connectivity index (χ1) is 11.1. The van der Waals surface area contributed by atoms with Crippen molar-refractivity contribution in [1.82, 2.24) is 14.8 Å². The lowest BCUT2D eigenvalue weighted by Crippen LogP contribution is -2.40. The summed E-state index contributed by atoms with van der Waals surface area (Å²) in [6.45, 7) is 7.00. The topological polar surface area (TPSA) is 49.6 Å². The van der Waals surface area contributed by atoms with E-state index in [1.54, 1.807) is 13.1 Å². The van der Waals surface area contributed by atoms with E-state index in [1.165, 1.54) is 4.88 Å². The summed E-state index contributed by atoms with van der Waals surface area (Å²) >= 11 is 1.81. The van der Waals surface area contributed by atoms with Gasteiger partial charge < -0.3 is 14.2 Å². The Labute approximate surface area is 140 Å². The van der Waals surface area contributed by atoms with Crippen molar-refractivity contribution >= 4 is 17.2 Å². The van der Waals surface area contributed by atoms with Gasteiger partial charge in [-0.3, -0.25) is 4.79 Å². The number of likely N-dealkylation sites (tertiary alicyclic amines) is 1. The van der Waals surface area contributed by atoms with Gasteiger partial charge in [0.2, 0.25) is 11.8 Å². The first kappa shape index (κ1) is 16.2. The highest BCUT2D eigenvalue weighted by molar-refractivity contribution is 7.09. The second kappa shape index (κ2) is 7.27. The van der Waals surface area contributed by atoms with Crippen molar-refractivity contribution in [1.29, 1.82) is 0 Å². The average molecular weight is 333 g/mol. The maximum atomic E-state index is 12.0. The molecule has 0 spiro atoms. The summed E-state index contributed by atoms with van der Waals surface area (Å²) in [5.74, 6) is 1.49. The fourth-order valence-electron chi connectivity index (χ4n) is 3.11. The number of thiophene rings is 1. The van der Waals surface area contributed by atoms with Crippen LogP contribution in [0.25, 0.3) is 0 Å². The second-order valence-electron chi connectivity index (χ2n) is 6.08. The van der Waals surface area contributed by atoms with Gasteiger partial charge in [0.1, 0.15) is 5.76 Å². The normalized spacial score (nSPS) is 18.4. The number of aromatic nitrogens is 1. The molecule has 2 aromatic heterocycles. The molecule has 0 unspecified atom stereocenters. The average Bonchev–Trinajstić information content (AvgIpc) is 3.24. The van der Waals surface area contributed by atoms with Crippen molar-refractivity contribution in [3.8, 4) is 0 Å². The Morgan fingerprint density at radius 3 is 3.09 bits per heavy atom. The Balaban J connectivity index is 1.55. The minimum absolute atomic E-state index is 0.0889. The molecule has 1 aliphatic rings. The van der Waals surface area contributed by atoms with Gasteiger partial charge in [0.15, 0.2) is 0 Å². The van der Waals surface area contributed by atoms with Gasteiger partial charge in [0, 0.05) is 37.5 Å². The fourth-order valence-corrected chi connectivity index (χ4v) is 3.81. The predicted octanol–water partition coefficient (Wildman–Crippen LogP) is 2.71. The molecule has 0 bridgehead atoms. The van der Waals surface area contributed by atoms with Crippen LogP contribution in [-0.4, -0.2) is 46.4 Å². The van der Waals surface area contributed by atoms with E-state index < -0.39 is 0 Å². The number of carbonyl (C=O) groups is 1. The third-order valence-corrected chi connectivity index (χ3v) is 5.26. The maximum Gasteiger partial charge on any atom is 0.220 e. The van der Waals surface area contributed by atoms with Crippen LogP contribution in [0.3, 0.4) is 0 Å².